The Morgan fingerprint density at radius 2 is 1.92 bits per heavy atom. The van der Waals surface area contributed by atoms with Gasteiger partial charge in [-0.2, -0.15) is 4.31 Å². The topological polar surface area (TPSA) is 70.9 Å². The number of sulfonamides is 1. The Hall–Kier alpha value is -1.74. The normalized spacial score (nSPS) is 16.5. The number of piperazine rings is 1. The van der Waals surface area contributed by atoms with Gasteiger partial charge < -0.3 is 10.2 Å². The molecule has 0 unspecified atom stereocenters. The Morgan fingerprint density at radius 3 is 2.58 bits per heavy atom. The van der Waals surface area contributed by atoms with Crippen molar-refractivity contribution in [3.05, 3.63) is 52.9 Å². The van der Waals surface area contributed by atoms with E-state index in [1.165, 1.54) is 15.6 Å². The molecule has 6 nitrogen and oxygen atoms in total. The van der Waals surface area contributed by atoms with Crippen LogP contribution in [0.3, 0.4) is 0 Å². The van der Waals surface area contributed by atoms with Gasteiger partial charge in [-0.15, -0.1) is 11.3 Å². The highest BCUT2D eigenvalue weighted by molar-refractivity contribution is 7.91. The Balaban J connectivity index is 1.47. The van der Waals surface area contributed by atoms with Crippen LogP contribution in [0.2, 0.25) is 0 Å². The molecule has 2 heterocycles. The van der Waals surface area contributed by atoms with Crippen LogP contribution in [0.1, 0.15) is 11.1 Å². The Morgan fingerprint density at radius 1 is 1.19 bits per heavy atom. The molecule has 0 spiro atoms. The van der Waals surface area contributed by atoms with Crippen molar-refractivity contribution in [3.63, 3.8) is 0 Å². The van der Waals surface area contributed by atoms with Crippen molar-refractivity contribution in [2.45, 2.75) is 17.7 Å². The third-order valence-electron chi connectivity index (χ3n) is 4.67. The quantitative estimate of drug-likeness (QED) is 0.739. The number of hydrogen-bond acceptors (Lipinski definition) is 4. The molecule has 3 rings (SSSR count). The first-order chi connectivity index (χ1) is 12.5. The molecular formula is C18H24N3O3S2+. The van der Waals surface area contributed by atoms with Gasteiger partial charge in [-0.25, -0.2) is 8.42 Å². The van der Waals surface area contributed by atoms with E-state index in [0.717, 1.165) is 16.0 Å². The van der Waals surface area contributed by atoms with Gasteiger partial charge in [0, 0.05) is 6.54 Å². The van der Waals surface area contributed by atoms with E-state index in [1.807, 2.05) is 31.2 Å². The minimum atomic E-state index is -3.38. The number of carbonyl (C=O) groups is 1. The number of thiophene rings is 1. The van der Waals surface area contributed by atoms with Gasteiger partial charge in [0.05, 0.1) is 26.2 Å². The van der Waals surface area contributed by atoms with E-state index in [9.17, 15) is 13.2 Å². The van der Waals surface area contributed by atoms with Gasteiger partial charge in [-0.1, -0.05) is 30.3 Å². The molecule has 1 aliphatic rings. The fraction of sp³-hybridized carbons (Fsp3) is 0.389. The van der Waals surface area contributed by atoms with E-state index < -0.39 is 10.0 Å². The zero-order chi connectivity index (χ0) is 18.6. The van der Waals surface area contributed by atoms with Crippen molar-refractivity contribution in [3.8, 4) is 0 Å². The van der Waals surface area contributed by atoms with Crippen LogP contribution in [-0.4, -0.2) is 51.4 Å². The number of hydrogen-bond donors (Lipinski definition) is 2. The lowest BCUT2D eigenvalue weighted by Gasteiger charge is -2.30. The summed E-state index contributed by atoms with van der Waals surface area (Å²) in [6.07, 6.45) is 0. The first-order valence-corrected chi connectivity index (χ1v) is 11.0. The van der Waals surface area contributed by atoms with E-state index in [4.69, 9.17) is 0 Å². The van der Waals surface area contributed by atoms with Gasteiger partial charge in [0.1, 0.15) is 4.21 Å². The number of amides is 1. The first kappa shape index (κ1) is 19.0. The second-order valence-corrected chi connectivity index (χ2v) is 9.58. The number of aryl methyl sites for hydroxylation is 1. The molecule has 0 radical (unpaired) electrons. The van der Waals surface area contributed by atoms with Crippen molar-refractivity contribution in [2.75, 3.05) is 32.7 Å². The Labute approximate surface area is 158 Å². The molecule has 1 aromatic carbocycles. The summed E-state index contributed by atoms with van der Waals surface area (Å²) in [5.74, 6) is -0.00202. The maximum Gasteiger partial charge on any atom is 0.275 e. The van der Waals surface area contributed by atoms with E-state index in [1.54, 1.807) is 17.5 Å². The van der Waals surface area contributed by atoms with Crippen LogP contribution < -0.4 is 10.2 Å². The van der Waals surface area contributed by atoms with E-state index >= 15 is 0 Å². The largest absolute Gasteiger partial charge is 0.347 e. The van der Waals surface area contributed by atoms with Crippen molar-refractivity contribution in [1.29, 1.82) is 0 Å². The van der Waals surface area contributed by atoms with Crippen molar-refractivity contribution >= 4 is 27.3 Å². The highest BCUT2D eigenvalue weighted by Gasteiger charge is 2.31. The maximum atomic E-state index is 12.5. The minimum Gasteiger partial charge on any atom is -0.347 e. The summed E-state index contributed by atoms with van der Waals surface area (Å²) in [5.41, 5.74) is 2.27. The molecule has 1 saturated heterocycles. The summed E-state index contributed by atoms with van der Waals surface area (Å²) in [6.45, 7) is 5.10. The van der Waals surface area contributed by atoms with Crippen LogP contribution in [-0.2, 0) is 21.4 Å². The molecule has 1 aliphatic heterocycles. The van der Waals surface area contributed by atoms with Gasteiger partial charge >= 0.3 is 0 Å². The number of nitrogens with one attached hydrogen (secondary N) is 2. The zero-order valence-electron chi connectivity index (χ0n) is 14.8. The SMILES string of the molecule is Cc1ccccc1CNC(=O)C[NH+]1CCN(S(=O)(=O)c2cccs2)CC1. The number of nitrogens with zero attached hydrogens (tertiary/aromatic N) is 1. The second kappa shape index (κ2) is 8.30. The summed E-state index contributed by atoms with van der Waals surface area (Å²) in [5, 5.41) is 4.73. The fourth-order valence-electron chi connectivity index (χ4n) is 3.05. The smallest absolute Gasteiger partial charge is 0.275 e. The van der Waals surface area contributed by atoms with Crippen LogP contribution in [0.4, 0.5) is 0 Å². The molecule has 1 fully saturated rings. The molecule has 140 valence electrons. The number of quaternary nitrogens is 1. The molecule has 0 bridgehead atoms. The lowest BCUT2D eigenvalue weighted by molar-refractivity contribution is -0.895. The number of benzene rings is 1. The molecule has 1 amide bonds. The van der Waals surface area contributed by atoms with Gasteiger partial charge in [-0.3, -0.25) is 4.79 Å². The summed E-state index contributed by atoms with van der Waals surface area (Å²) < 4.78 is 26.9. The molecule has 26 heavy (non-hydrogen) atoms. The van der Waals surface area contributed by atoms with E-state index in [-0.39, 0.29) is 5.91 Å². The molecular weight excluding hydrogens is 370 g/mol. The molecule has 0 atom stereocenters. The zero-order valence-corrected chi connectivity index (χ0v) is 16.4. The molecule has 1 aromatic heterocycles. The van der Waals surface area contributed by atoms with E-state index in [0.29, 0.717) is 43.5 Å². The van der Waals surface area contributed by atoms with Crippen LogP contribution in [0.25, 0.3) is 0 Å². The molecule has 8 heteroatoms. The average Bonchev–Trinajstić information content (AvgIpc) is 3.17. The molecule has 2 aromatic rings. The van der Waals surface area contributed by atoms with E-state index in [2.05, 4.69) is 5.32 Å². The van der Waals surface area contributed by atoms with Gasteiger partial charge in [0.25, 0.3) is 15.9 Å². The fourth-order valence-corrected chi connectivity index (χ4v) is 5.63. The van der Waals surface area contributed by atoms with Crippen molar-refractivity contribution < 1.29 is 18.1 Å². The van der Waals surface area contributed by atoms with Crippen LogP contribution >= 0.6 is 11.3 Å². The Kier molecular flexibility index (Phi) is 6.08. The first-order valence-electron chi connectivity index (χ1n) is 8.65. The highest BCUT2D eigenvalue weighted by atomic mass is 32.2. The third-order valence-corrected chi connectivity index (χ3v) is 7.94. The van der Waals surface area contributed by atoms with Crippen LogP contribution in [0, 0.1) is 6.92 Å². The molecule has 2 N–H and O–H groups in total. The summed E-state index contributed by atoms with van der Waals surface area (Å²) in [6, 6.07) is 11.4. The summed E-state index contributed by atoms with van der Waals surface area (Å²) in [4.78, 5) is 13.3. The summed E-state index contributed by atoms with van der Waals surface area (Å²) >= 11 is 1.24. The Bertz CT molecular complexity index is 842. The van der Waals surface area contributed by atoms with Crippen LogP contribution in [0.5, 0.6) is 0 Å². The molecule has 0 saturated carbocycles. The van der Waals surface area contributed by atoms with Crippen LogP contribution in [0.15, 0.2) is 46.0 Å². The monoisotopic (exact) mass is 394 g/mol. The van der Waals surface area contributed by atoms with Gasteiger partial charge in [0.15, 0.2) is 6.54 Å². The average molecular weight is 395 g/mol. The maximum absolute atomic E-state index is 12.5. The minimum absolute atomic E-state index is 0.00202. The van der Waals surface area contributed by atoms with Gasteiger partial charge in [0.2, 0.25) is 0 Å². The standard InChI is InChI=1S/C18H23N3O3S2/c1-15-5-2-3-6-16(15)13-19-17(22)14-20-8-10-21(11-9-20)26(23,24)18-7-4-12-25-18/h2-7,12H,8-11,13-14H2,1H3,(H,19,22)/p+1. The molecule has 0 aliphatic carbocycles. The second-order valence-electron chi connectivity index (χ2n) is 6.47. The highest BCUT2D eigenvalue weighted by Crippen LogP contribution is 2.20. The number of carbonyl (C=O) groups excluding carboxylic acids is 1. The summed E-state index contributed by atoms with van der Waals surface area (Å²) in [7, 11) is -3.38. The van der Waals surface area contributed by atoms with Gasteiger partial charge in [-0.05, 0) is 29.5 Å². The number of rotatable bonds is 6. The predicted octanol–water partition coefficient (Wildman–Crippen LogP) is 0.262. The van der Waals surface area contributed by atoms with Crippen molar-refractivity contribution in [1.82, 2.24) is 9.62 Å². The lowest BCUT2D eigenvalue weighted by atomic mass is 10.1. The van der Waals surface area contributed by atoms with Crippen molar-refractivity contribution in [2.24, 2.45) is 0 Å². The third kappa shape index (κ3) is 4.50. The lowest BCUT2D eigenvalue weighted by Crippen LogP contribution is -3.15. The predicted molar refractivity (Wildman–Crippen MR) is 102 cm³/mol.